The number of halogens is 1. The molecule has 1 aliphatic heterocycles. The van der Waals surface area contributed by atoms with E-state index in [2.05, 4.69) is 20.7 Å². The van der Waals surface area contributed by atoms with Crippen molar-refractivity contribution in [2.45, 2.75) is 6.61 Å². The molecule has 0 aliphatic carbocycles. The van der Waals surface area contributed by atoms with Crippen molar-refractivity contribution in [3.63, 3.8) is 0 Å². The molecular formula is C15H15BrN2O3S. The Labute approximate surface area is 138 Å². The molecule has 0 bridgehead atoms. The molecule has 0 aromatic heterocycles. The summed E-state index contributed by atoms with van der Waals surface area (Å²) in [5.74, 6) is 0.541. The highest BCUT2D eigenvalue weighted by Gasteiger charge is 2.30. The Balaban J connectivity index is 1.88. The zero-order valence-corrected chi connectivity index (χ0v) is 14.1. The Bertz CT molecular complexity index is 766. The molecule has 0 atom stereocenters. The predicted molar refractivity (Wildman–Crippen MR) is 89.2 cm³/mol. The molecule has 1 fully saturated rings. The molecule has 0 saturated carbocycles. The molecule has 3 rings (SSSR count). The molecule has 0 radical (unpaired) electrons. The second-order valence-electron chi connectivity index (χ2n) is 4.86. The van der Waals surface area contributed by atoms with Gasteiger partial charge in [-0.1, -0.05) is 46.3 Å². The number of hydrogen-bond donors (Lipinski definition) is 1. The first-order valence-electron chi connectivity index (χ1n) is 6.80. The number of benzene rings is 2. The molecule has 5 nitrogen and oxygen atoms in total. The molecule has 1 N–H and O–H groups in total. The SMILES string of the molecule is O=S1(=O)NCCN1c1cc(Br)ccc1OCc1ccccc1. The molecule has 1 saturated heterocycles. The maximum atomic E-state index is 12.0. The summed E-state index contributed by atoms with van der Waals surface area (Å²) in [5.41, 5.74) is 1.56. The van der Waals surface area contributed by atoms with E-state index >= 15 is 0 Å². The van der Waals surface area contributed by atoms with E-state index in [1.165, 1.54) is 4.31 Å². The van der Waals surface area contributed by atoms with Gasteiger partial charge in [0.1, 0.15) is 12.4 Å². The van der Waals surface area contributed by atoms with Crippen LogP contribution in [-0.4, -0.2) is 21.5 Å². The van der Waals surface area contributed by atoms with Crippen LogP contribution in [0.5, 0.6) is 5.75 Å². The van der Waals surface area contributed by atoms with Gasteiger partial charge < -0.3 is 4.74 Å². The Morgan fingerprint density at radius 2 is 1.95 bits per heavy atom. The van der Waals surface area contributed by atoms with Gasteiger partial charge in [0.05, 0.1) is 5.69 Å². The zero-order chi connectivity index (χ0) is 15.6. The minimum Gasteiger partial charge on any atom is -0.487 e. The summed E-state index contributed by atoms with van der Waals surface area (Å²) in [4.78, 5) is 0. The van der Waals surface area contributed by atoms with Crippen molar-refractivity contribution in [2.75, 3.05) is 17.4 Å². The zero-order valence-electron chi connectivity index (χ0n) is 11.7. The van der Waals surface area contributed by atoms with Gasteiger partial charge in [0.15, 0.2) is 0 Å². The van der Waals surface area contributed by atoms with E-state index in [-0.39, 0.29) is 0 Å². The van der Waals surface area contributed by atoms with Gasteiger partial charge in [0.2, 0.25) is 0 Å². The number of anilines is 1. The van der Waals surface area contributed by atoms with Crippen molar-refractivity contribution < 1.29 is 13.2 Å². The van der Waals surface area contributed by atoms with E-state index in [0.717, 1.165) is 10.0 Å². The summed E-state index contributed by atoms with van der Waals surface area (Å²) in [6, 6.07) is 15.1. The lowest BCUT2D eigenvalue weighted by atomic mass is 10.2. The maximum absolute atomic E-state index is 12.0. The lowest BCUT2D eigenvalue weighted by Gasteiger charge is -2.20. The Hall–Kier alpha value is -1.57. The van der Waals surface area contributed by atoms with Gasteiger partial charge in [-0.3, -0.25) is 4.31 Å². The fraction of sp³-hybridized carbons (Fsp3) is 0.200. The van der Waals surface area contributed by atoms with Gasteiger partial charge in [0, 0.05) is 17.6 Å². The monoisotopic (exact) mass is 382 g/mol. The number of ether oxygens (including phenoxy) is 1. The fourth-order valence-electron chi connectivity index (χ4n) is 2.27. The van der Waals surface area contributed by atoms with Gasteiger partial charge >= 0.3 is 10.2 Å². The Morgan fingerprint density at radius 3 is 2.64 bits per heavy atom. The second-order valence-corrected chi connectivity index (χ2v) is 7.45. The molecule has 1 heterocycles. The Kier molecular flexibility index (Phi) is 4.37. The first-order chi connectivity index (χ1) is 10.6. The van der Waals surface area contributed by atoms with E-state index in [0.29, 0.717) is 31.1 Å². The van der Waals surface area contributed by atoms with E-state index < -0.39 is 10.2 Å². The highest BCUT2D eigenvalue weighted by Crippen LogP contribution is 2.34. The normalized spacial score (nSPS) is 16.7. The summed E-state index contributed by atoms with van der Waals surface area (Å²) in [6.07, 6.45) is 0. The summed E-state index contributed by atoms with van der Waals surface area (Å²) in [5, 5.41) is 0. The molecule has 22 heavy (non-hydrogen) atoms. The third-order valence-corrected chi connectivity index (χ3v) is 5.34. The van der Waals surface area contributed by atoms with Crippen LogP contribution in [0.3, 0.4) is 0 Å². The first kappa shape index (κ1) is 15.3. The Morgan fingerprint density at radius 1 is 1.18 bits per heavy atom. The van der Waals surface area contributed by atoms with Gasteiger partial charge in [0.25, 0.3) is 0 Å². The first-order valence-corrected chi connectivity index (χ1v) is 9.03. The van der Waals surface area contributed by atoms with Crippen LogP contribution in [-0.2, 0) is 16.8 Å². The minimum absolute atomic E-state index is 0.386. The average Bonchev–Trinajstić information content (AvgIpc) is 2.86. The molecule has 7 heteroatoms. The lowest BCUT2D eigenvalue weighted by Crippen LogP contribution is -2.29. The van der Waals surface area contributed by atoms with E-state index in [4.69, 9.17) is 4.74 Å². The average molecular weight is 383 g/mol. The summed E-state index contributed by atoms with van der Waals surface area (Å²) in [7, 11) is -3.48. The van der Waals surface area contributed by atoms with Crippen LogP contribution in [0.25, 0.3) is 0 Å². The number of hydrogen-bond acceptors (Lipinski definition) is 3. The van der Waals surface area contributed by atoms with Crippen LogP contribution in [0.15, 0.2) is 53.0 Å². The van der Waals surface area contributed by atoms with E-state index in [1.807, 2.05) is 36.4 Å². The number of nitrogens with one attached hydrogen (secondary N) is 1. The second kappa shape index (κ2) is 6.28. The topological polar surface area (TPSA) is 58.6 Å². The van der Waals surface area contributed by atoms with Crippen LogP contribution >= 0.6 is 15.9 Å². The predicted octanol–water partition coefficient (Wildman–Crippen LogP) is 2.68. The van der Waals surface area contributed by atoms with Gasteiger partial charge in [-0.15, -0.1) is 0 Å². The third-order valence-electron chi connectivity index (χ3n) is 3.32. The van der Waals surface area contributed by atoms with Crippen molar-refractivity contribution in [2.24, 2.45) is 0 Å². The van der Waals surface area contributed by atoms with Crippen LogP contribution in [0.4, 0.5) is 5.69 Å². The van der Waals surface area contributed by atoms with Gasteiger partial charge in [-0.25, -0.2) is 0 Å². The lowest BCUT2D eigenvalue weighted by molar-refractivity contribution is 0.307. The number of nitrogens with zero attached hydrogens (tertiary/aromatic N) is 1. The van der Waals surface area contributed by atoms with Crippen LogP contribution in [0, 0.1) is 0 Å². The molecular weight excluding hydrogens is 368 g/mol. The molecule has 1 aliphatic rings. The van der Waals surface area contributed by atoms with Gasteiger partial charge in [-0.05, 0) is 23.8 Å². The van der Waals surface area contributed by atoms with Crippen LogP contribution in [0.1, 0.15) is 5.56 Å². The van der Waals surface area contributed by atoms with Gasteiger partial charge in [-0.2, -0.15) is 13.1 Å². The molecule has 116 valence electrons. The van der Waals surface area contributed by atoms with Crippen molar-refractivity contribution in [3.8, 4) is 5.75 Å². The molecule has 0 spiro atoms. The van der Waals surface area contributed by atoms with E-state index in [9.17, 15) is 8.42 Å². The third kappa shape index (κ3) is 3.26. The molecule has 0 amide bonds. The minimum atomic E-state index is -3.48. The van der Waals surface area contributed by atoms with Crippen molar-refractivity contribution in [3.05, 3.63) is 58.6 Å². The van der Waals surface area contributed by atoms with Crippen molar-refractivity contribution in [1.82, 2.24) is 4.72 Å². The highest BCUT2D eigenvalue weighted by molar-refractivity contribution is 9.10. The van der Waals surface area contributed by atoms with Crippen LogP contribution in [0.2, 0.25) is 0 Å². The van der Waals surface area contributed by atoms with E-state index in [1.54, 1.807) is 12.1 Å². The smallest absolute Gasteiger partial charge is 0.301 e. The number of rotatable bonds is 4. The maximum Gasteiger partial charge on any atom is 0.301 e. The summed E-state index contributed by atoms with van der Waals surface area (Å²) in [6.45, 7) is 1.17. The standard InChI is InChI=1S/C15H15BrN2O3S/c16-13-6-7-15(21-11-12-4-2-1-3-5-12)14(10-13)18-9-8-17-22(18,19)20/h1-7,10,17H,8-9,11H2. The van der Waals surface area contributed by atoms with Crippen molar-refractivity contribution in [1.29, 1.82) is 0 Å². The molecule has 0 unspecified atom stereocenters. The molecule has 2 aromatic carbocycles. The summed E-state index contributed by atoms with van der Waals surface area (Å²) >= 11 is 3.38. The fourth-order valence-corrected chi connectivity index (χ4v) is 3.85. The summed E-state index contributed by atoms with van der Waals surface area (Å²) < 4.78 is 34.5. The highest BCUT2D eigenvalue weighted by atomic mass is 79.9. The van der Waals surface area contributed by atoms with Crippen LogP contribution < -0.4 is 13.8 Å². The quantitative estimate of drug-likeness (QED) is 0.883. The van der Waals surface area contributed by atoms with Crippen molar-refractivity contribution >= 4 is 31.8 Å². The molecule has 2 aromatic rings. The largest absolute Gasteiger partial charge is 0.487 e.